The predicted molar refractivity (Wildman–Crippen MR) is 121 cm³/mol. The maximum absolute atomic E-state index is 12.9. The quantitative estimate of drug-likeness (QED) is 0.388. The van der Waals surface area contributed by atoms with E-state index in [2.05, 4.69) is 10.3 Å². The van der Waals surface area contributed by atoms with E-state index in [0.29, 0.717) is 5.69 Å². The number of furan rings is 1. The number of anilines is 1. The first-order valence-corrected chi connectivity index (χ1v) is 10.5. The van der Waals surface area contributed by atoms with Crippen LogP contribution in [0.25, 0.3) is 0 Å². The van der Waals surface area contributed by atoms with Crippen LogP contribution < -0.4 is 11.1 Å². The maximum Gasteiger partial charge on any atom is 0.342 e. The molecular formula is C24H20N4O7. The molecule has 0 saturated carbocycles. The van der Waals surface area contributed by atoms with Crippen molar-refractivity contribution in [2.75, 3.05) is 11.9 Å². The molecule has 0 saturated heterocycles. The molecule has 0 fully saturated rings. The topological polar surface area (TPSA) is 162 Å². The molecule has 1 aromatic carbocycles. The summed E-state index contributed by atoms with van der Waals surface area (Å²) >= 11 is 0. The molecule has 0 radical (unpaired) electrons. The standard InChI is InChI=1S/C24H20N4O7/c1-3-34-24(33)17-12(2)35-21(18(17)19(25)29)27-20(30)13-7-8-15-16(10-13)23(32)28(22(15)31)11-14-6-4-5-9-26-14/h4-10H,3,11H2,1-2H3,(H2,25,29)(H,27,30). The van der Waals surface area contributed by atoms with E-state index in [1.54, 1.807) is 31.3 Å². The third-order valence-corrected chi connectivity index (χ3v) is 5.32. The number of pyridine rings is 1. The molecule has 35 heavy (non-hydrogen) atoms. The number of hydrogen-bond acceptors (Lipinski definition) is 8. The summed E-state index contributed by atoms with van der Waals surface area (Å²) in [7, 11) is 0. The van der Waals surface area contributed by atoms with E-state index in [9.17, 15) is 24.0 Å². The SMILES string of the molecule is CCOC(=O)c1c(C)oc(NC(=O)c2ccc3c(c2)C(=O)N(Cc2ccccn2)C3=O)c1C(N)=O. The van der Waals surface area contributed by atoms with Crippen molar-refractivity contribution < 1.29 is 33.1 Å². The highest BCUT2D eigenvalue weighted by Crippen LogP contribution is 2.29. The summed E-state index contributed by atoms with van der Waals surface area (Å²) in [6.07, 6.45) is 1.56. The smallest absolute Gasteiger partial charge is 0.342 e. The molecular weight excluding hydrogens is 456 g/mol. The fourth-order valence-corrected chi connectivity index (χ4v) is 3.72. The van der Waals surface area contributed by atoms with Gasteiger partial charge < -0.3 is 14.9 Å². The Morgan fingerprint density at radius 1 is 1.09 bits per heavy atom. The van der Waals surface area contributed by atoms with Crippen molar-refractivity contribution in [3.05, 3.63) is 81.9 Å². The summed E-state index contributed by atoms with van der Waals surface area (Å²) in [6, 6.07) is 9.15. The second-order valence-corrected chi connectivity index (χ2v) is 7.55. The lowest BCUT2D eigenvalue weighted by Gasteiger charge is -2.12. The number of ether oxygens (including phenoxy) is 1. The minimum atomic E-state index is -1.000. The maximum atomic E-state index is 12.9. The van der Waals surface area contributed by atoms with E-state index in [1.165, 1.54) is 25.1 Å². The number of aryl methyl sites for hydroxylation is 1. The van der Waals surface area contributed by atoms with Crippen LogP contribution in [0.3, 0.4) is 0 Å². The molecule has 3 N–H and O–H groups in total. The molecule has 11 heteroatoms. The number of imide groups is 1. The molecule has 1 aliphatic rings. The highest BCUT2D eigenvalue weighted by atomic mass is 16.5. The first kappa shape index (κ1) is 23.4. The Balaban J connectivity index is 1.60. The van der Waals surface area contributed by atoms with Gasteiger partial charge in [-0.2, -0.15) is 0 Å². The lowest BCUT2D eigenvalue weighted by molar-refractivity contribution is 0.0520. The van der Waals surface area contributed by atoms with Gasteiger partial charge in [-0.15, -0.1) is 0 Å². The number of fused-ring (bicyclic) bond motifs is 1. The summed E-state index contributed by atoms with van der Waals surface area (Å²) in [5.74, 6) is -3.93. The van der Waals surface area contributed by atoms with Crippen LogP contribution in [0.5, 0.6) is 0 Å². The third kappa shape index (κ3) is 4.26. The van der Waals surface area contributed by atoms with E-state index in [4.69, 9.17) is 14.9 Å². The lowest BCUT2D eigenvalue weighted by Crippen LogP contribution is -2.29. The summed E-state index contributed by atoms with van der Waals surface area (Å²) in [4.78, 5) is 67.9. The molecule has 3 aromatic rings. The van der Waals surface area contributed by atoms with Gasteiger partial charge in [-0.1, -0.05) is 6.07 Å². The van der Waals surface area contributed by atoms with Gasteiger partial charge >= 0.3 is 5.97 Å². The Morgan fingerprint density at radius 3 is 2.49 bits per heavy atom. The van der Waals surface area contributed by atoms with Crippen molar-refractivity contribution in [3.63, 3.8) is 0 Å². The lowest BCUT2D eigenvalue weighted by atomic mass is 10.1. The highest BCUT2D eigenvalue weighted by Gasteiger charge is 2.36. The van der Waals surface area contributed by atoms with Crippen LogP contribution >= 0.6 is 0 Å². The van der Waals surface area contributed by atoms with Crippen LogP contribution in [0.4, 0.5) is 5.88 Å². The van der Waals surface area contributed by atoms with E-state index in [-0.39, 0.29) is 52.6 Å². The van der Waals surface area contributed by atoms with Gasteiger partial charge in [-0.25, -0.2) is 4.79 Å². The molecule has 0 aliphatic carbocycles. The number of benzene rings is 1. The molecule has 4 rings (SSSR count). The van der Waals surface area contributed by atoms with Crippen molar-refractivity contribution in [2.24, 2.45) is 5.73 Å². The van der Waals surface area contributed by atoms with Crippen LogP contribution in [-0.4, -0.2) is 46.1 Å². The summed E-state index contributed by atoms with van der Waals surface area (Å²) in [6.45, 7) is 3.06. The average Bonchev–Trinajstić information content (AvgIpc) is 3.28. The molecule has 1 aliphatic heterocycles. The third-order valence-electron chi connectivity index (χ3n) is 5.32. The van der Waals surface area contributed by atoms with Crippen molar-refractivity contribution >= 4 is 35.5 Å². The van der Waals surface area contributed by atoms with Gasteiger partial charge in [0.2, 0.25) is 5.88 Å². The Morgan fingerprint density at radius 2 is 1.83 bits per heavy atom. The van der Waals surface area contributed by atoms with E-state index in [1.807, 2.05) is 0 Å². The number of nitrogens with zero attached hydrogens (tertiary/aromatic N) is 2. The molecule has 2 aromatic heterocycles. The van der Waals surface area contributed by atoms with Crippen molar-refractivity contribution in [3.8, 4) is 0 Å². The number of nitrogens with one attached hydrogen (secondary N) is 1. The number of carbonyl (C=O) groups excluding carboxylic acids is 5. The van der Waals surface area contributed by atoms with Crippen molar-refractivity contribution in [1.29, 1.82) is 0 Å². The predicted octanol–water partition coefficient (Wildman–Crippen LogP) is 2.31. The normalized spacial score (nSPS) is 12.5. The van der Waals surface area contributed by atoms with Crippen molar-refractivity contribution in [2.45, 2.75) is 20.4 Å². The molecule has 4 amide bonds. The molecule has 11 nitrogen and oxygen atoms in total. The van der Waals surface area contributed by atoms with E-state index in [0.717, 1.165) is 4.90 Å². The summed E-state index contributed by atoms with van der Waals surface area (Å²) in [5, 5.41) is 2.40. The number of nitrogens with two attached hydrogens (primary N) is 1. The van der Waals surface area contributed by atoms with Crippen LogP contribution in [-0.2, 0) is 11.3 Å². The Labute approximate surface area is 198 Å². The van der Waals surface area contributed by atoms with E-state index < -0.39 is 29.6 Å². The van der Waals surface area contributed by atoms with Gasteiger partial charge in [-0.05, 0) is 44.2 Å². The van der Waals surface area contributed by atoms with Crippen LogP contribution in [0.15, 0.2) is 47.0 Å². The van der Waals surface area contributed by atoms with Crippen LogP contribution in [0.1, 0.15) is 70.2 Å². The first-order valence-electron chi connectivity index (χ1n) is 10.5. The fourth-order valence-electron chi connectivity index (χ4n) is 3.72. The molecule has 0 atom stereocenters. The zero-order valence-corrected chi connectivity index (χ0v) is 18.8. The number of aromatic nitrogens is 1. The molecule has 3 heterocycles. The number of carbonyl (C=O) groups is 5. The van der Waals surface area contributed by atoms with E-state index >= 15 is 0 Å². The number of rotatable bonds is 7. The Kier molecular flexibility index (Phi) is 6.15. The zero-order valence-electron chi connectivity index (χ0n) is 18.8. The van der Waals surface area contributed by atoms with Gasteiger partial charge in [0.05, 0.1) is 30.0 Å². The Hall–Kier alpha value is -4.80. The first-order chi connectivity index (χ1) is 16.7. The highest BCUT2D eigenvalue weighted by molar-refractivity contribution is 6.22. The molecule has 0 bridgehead atoms. The summed E-state index contributed by atoms with van der Waals surface area (Å²) in [5.41, 5.74) is 5.65. The van der Waals surface area contributed by atoms with Crippen LogP contribution in [0, 0.1) is 6.92 Å². The zero-order chi connectivity index (χ0) is 25.3. The molecule has 0 unspecified atom stereocenters. The average molecular weight is 476 g/mol. The number of amides is 4. The molecule has 0 spiro atoms. The van der Waals surface area contributed by atoms with Gasteiger partial charge in [-0.3, -0.25) is 34.4 Å². The fraction of sp³-hybridized carbons (Fsp3) is 0.167. The largest absolute Gasteiger partial charge is 0.462 e. The van der Waals surface area contributed by atoms with Gasteiger partial charge in [0.1, 0.15) is 16.9 Å². The second kappa shape index (κ2) is 9.21. The number of hydrogen-bond donors (Lipinski definition) is 2. The number of esters is 1. The van der Waals surface area contributed by atoms with Gasteiger partial charge in [0, 0.05) is 11.8 Å². The van der Waals surface area contributed by atoms with Crippen LogP contribution in [0.2, 0.25) is 0 Å². The number of primary amides is 1. The van der Waals surface area contributed by atoms with Gasteiger partial charge in [0.25, 0.3) is 23.6 Å². The monoisotopic (exact) mass is 476 g/mol. The minimum absolute atomic E-state index is 0.0149. The summed E-state index contributed by atoms with van der Waals surface area (Å²) < 4.78 is 10.3. The minimum Gasteiger partial charge on any atom is -0.462 e. The van der Waals surface area contributed by atoms with Crippen molar-refractivity contribution in [1.82, 2.24) is 9.88 Å². The second-order valence-electron chi connectivity index (χ2n) is 7.55. The Bertz CT molecular complexity index is 1380. The van der Waals surface area contributed by atoms with Gasteiger partial charge in [0.15, 0.2) is 0 Å². The molecule has 178 valence electrons.